The summed E-state index contributed by atoms with van der Waals surface area (Å²) in [4.78, 5) is 24.1. The van der Waals surface area contributed by atoms with Gasteiger partial charge in [-0.25, -0.2) is 0 Å². The average Bonchev–Trinajstić information content (AvgIpc) is 2.46. The van der Waals surface area contributed by atoms with Crippen LogP contribution in [0, 0.1) is 0 Å². The number of hydrogen-bond acceptors (Lipinski definition) is 3. The minimum absolute atomic E-state index is 0.200. The molecule has 20 heavy (non-hydrogen) atoms. The summed E-state index contributed by atoms with van der Waals surface area (Å²) >= 11 is 0. The maximum absolute atomic E-state index is 12.2. The molecule has 3 N–H and O–H groups in total. The fourth-order valence-corrected chi connectivity index (χ4v) is 1.69. The van der Waals surface area contributed by atoms with Crippen LogP contribution in [0.1, 0.15) is 19.4 Å². The monoisotopic (exact) mass is 277 g/mol. The van der Waals surface area contributed by atoms with Gasteiger partial charge in [-0.15, -0.1) is 0 Å². The fourth-order valence-electron chi connectivity index (χ4n) is 1.69. The van der Waals surface area contributed by atoms with Gasteiger partial charge >= 0.3 is 0 Å². The molecule has 0 spiro atoms. The van der Waals surface area contributed by atoms with Gasteiger partial charge in [-0.2, -0.15) is 0 Å². The van der Waals surface area contributed by atoms with Crippen molar-refractivity contribution in [1.29, 1.82) is 0 Å². The Kier molecular flexibility index (Phi) is 5.70. The molecule has 1 aromatic carbocycles. The number of likely N-dealkylation sites (N-methyl/N-ethyl adjacent to an activating group) is 2. The second-order valence-electron chi connectivity index (χ2n) is 5.21. The fraction of sp³-hybridized carbons (Fsp3) is 0.467. The summed E-state index contributed by atoms with van der Waals surface area (Å²) in [5, 5.41) is 8.30. The summed E-state index contributed by atoms with van der Waals surface area (Å²) in [6.45, 7) is 3.54. The number of rotatable bonds is 6. The Morgan fingerprint density at radius 1 is 1.15 bits per heavy atom. The van der Waals surface area contributed by atoms with E-state index in [1.165, 1.54) is 0 Å². The van der Waals surface area contributed by atoms with Crippen molar-refractivity contribution in [1.82, 2.24) is 16.0 Å². The zero-order valence-electron chi connectivity index (χ0n) is 12.5. The van der Waals surface area contributed by atoms with E-state index < -0.39 is 11.6 Å². The van der Waals surface area contributed by atoms with E-state index in [9.17, 15) is 9.59 Å². The van der Waals surface area contributed by atoms with Crippen LogP contribution >= 0.6 is 0 Å². The van der Waals surface area contributed by atoms with Gasteiger partial charge < -0.3 is 16.0 Å². The Bertz CT molecular complexity index is 457. The van der Waals surface area contributed by atoms with E-state index in [0.29, 0.717) is 6.42 Å². The number of carbonyl (C=O) groups excluding carboxylic acids is 2. The van der Waals surface area contributed by atoms with Gasteiger partial charge in [0.15, 0.2) is 0 Å². The summed E-state index contributed by atoms with van der Waals surface area (Å²) in [5.74, 6) is -0.404. The van der Waals surface area contributed by atoms with Crippen LogP contribution in [-0.2, 0) is 16.0 Å². The predicted molar refractivity (Wildman–Crippen MR) is 79.3 cm³/mol. The van der Waals surface area contributed by atoms with Crippen LogP contribution in [0.3, 0.4) is 0 Å². The first-order valence-corrected chi connectivity index (χ1v) is 6.66. The minimum Gasteiger partial charge on any atom is -0.357 e. The van der Waals surface area contributed by atoms with Crippen LogP contribution in [0.2, 0.25) is 0 Å². The molecule has 1 rings (SSSR count). The smallest absolute Gasteiger partial charge is 0.242 e. The van der Waals surface area contributed by atoms with Crippen molar-refractivity contribution >= 4 is 11.8 Å². The van der Waals surface area contributed by atoms with E-state index in [4.69, 9.17) is 0 Å². The molecule has 0 aliphatic rings. The molecule has 1 atom stereocenters. The van der Waals surface area contributed by atoms with Gasteiger partial charge in [0.2, 0.25) is 11.8 Å². The minimum atomic E-state index is -0.719. The van der Waals surface area contributed by atoms with Crippen LogP contribution < -0.4 is 16.0 Å². The normalized spacial score (nSPS) is 12.6. The Morgan fingerprint density at radius 3 is 2.25 bits per heavy atom. The van der Waals surface area contributed by atoms with E-state index in [0.717, 1.165) is 5.56 Å². The van der Waals surface area contributed by atoms with Crippen molar-refractivity contribution in [2.75, 3.05) is 14.1 Å². The van der Waals surface area contributed by atoms with E-state index in [2.05, 4.69) is 16.0 Å². The summed E-state index contributed by atoms with van der Waals surface area (Å²) in [6.07, 6.45) is 0.464. The lowest BCUT2D eigenvalue weighted by atomic mass is 10.0. The molecule has 0 saturated heterocycles. The standard InChI is InChI=1S/C15H23N3O2/c1-15(2,17-4)14(20)18-12(13(19)16-3)10-11-8-6-5-7-9-11/h5-9,12,17H,10H2,1-4H3,(H,16,19)(H,18,20)/t12-/m1/s1. The van der Waals surface area contributed by atoms with Crippen molar-refractivity contribution < 1.29 is 9.59 Å². The van der Waals surface area contributed by atoms with Crippen molar-refractivity contribution in [2.45, 2.75) is 31.8 Å². The van der Waals surface area contributed by atoms with Crippen LogP contribution in [-0.4, -0.2) is 37.5 Å². The third-order valence-electron chi connectivity index (χ3n) is 3.34. The number of hydrogen-bond donors (Lipinski definition) is 3. The largest absolute Gasteiger partial charge is 0.357 e. The lowest BCUT2D eigenvalue weighted by molar-refractivity contribution is -0.131. The second-order valence-corrected chi connectivity index (χ2v) is 5.21. The molecule has 0 aromatic heterocycles. The zero-order valence-corrected chi connectivity index (χ0v) is 12.5. The summed E-state index contributed by atoms with van der Waals surface area (Å²) in [7, 11) is 3.28. The highest BCUT2D eigenvalue weighted by molar-refractivity contribution is 5.91. The highest BCUT2D eigenvalue weighted by atomic mass is 16.2. The van der Waals surface area contributed by atoms with Gasteiger partial charge in [0.05, 0.1) is 5.54 Å². The second kappa shape index (κ2) is 7.05. The van der Waals surface area contributed by atoms with Gasteiger partial charge in [0.25, 0.3) is 0 Å². The maximum Gasteiger partial charge on any atom is 0.242 e. The molecule has 2 amide bonds. The van der Waals surface area contributed by atoms with Gasteiger partial charge in [0.1, 0.15) is 6.04 Å². The number of amides is 2. The highest BCUT2D eigenvalue weighted by Gasteiger charge is 2.29. The van der Waals surface area contributed by atoms with Crippen molar-refractivity contribution in [3.63, 3.8) is 0 Å². The van der Waals surface area contributed by atoms with Gasteiger partial charge in [-0.05, 0) is 26.5 Å². The Labute approximate surface area is 120 Å². The maximum atomic E-state index is 12.2. The molecule has 0 radical (unpaired) electrons. The number of benzene rings is 1. The SMILES string of the molecule is CNC(=O)[C@@H](Cc1ccccc1)NC(=O)C(C)(C)NC. The van der Waals surface area contributed by atoms with E-state index in [1.807, 2.05) is 30.3 Å². The average molecular weight is 277 g/mol. The molecule has 0 fully saturated rings. The first kappa shape index (κ1) is 16.2. The zero-order chi connectivity index (χ0) is 15.2. The Morgan fingerprint density at radius 2 is 1.75 bits per heavy atom. The lowest BCUT2D eigenvalue weighted by Crippen LogP contribution is -2.57. The van der Waals surface area contributed by atoms with E-state index >= 15 is 0 Å². The summed E-state index contributed by atoms with van der Waals surface area (Å²) in [6, 6.07) is 9.03. The third kappa shape index (κ3) is 4.35. The van der Waals surface area contributed by atoms with Gasteiger partial charge in [-0.3, -0.25) is 9.59 Å². The van der Waals surface area contributed by atoms with Crippen molar-refractivity contribution in [3.8, 4) is 0 Å². The van der Waals surface area contributed by atoms with Gasteiger partial charge in [0, 0.05) is 13.5 Å². The molecule has 0 bridgehead atoms. The molecule has 5 nitrogen and oxygen atoms in total. The van der Waals surface area contributed by atoms with Crippen LogP contribution in [0.5, 0.6) is 0 Å². The lowest BCUT2D eigenvalue weighted by Gasteiger charge is -2.26. The summed E-state index contributed by atoms with van der Waals surface area (Å²) in [5.41, 5.74) is 0.284. The molecule has 0 unspecified atom stereocenters. The van der Waals surface area contributed by atoms with E-state index in [-0.39, 0.29) is 11.8 Å². The topological polar surface area (TPSA) is 70.2 Å². The Balaban J connectivity index is 2.81. The quantitative estimate of drug-likeness (QED) is 0.707. The summed E-state index contributed by atoms with van der Waals surface area (Å²) < 4.78 is 0. The molecule has 0 saturated carbocycles. The first-order valence-electron chi connectivity index (χ1n) is 6.66. The van der Waals surface area contributed by atoms with Crippen LogP contribution in [0.15, 0.2) is 30.3 Å². The molecule has 110 valence electrons. The van der Waals surface area contributed by atoms with Crippen LogP contribution in [0.25, 0.3) is 0 Å². The molecule has 0 aliphatic carbocycles. The van der Waals surface area contributed by atoms with Crippen molar-refractivity contribution in [2.24, 2.45) is 0 Å². The highest BCUT2D eigenvalue weighted by Crippen LogP contribution is 2.06. The number of nitrogens with one attached hydrogen (secondary N) is 3. The number of carbonyl (C=O) groups is 2. The molecular weight excluding hydrogens is 254 g/mol. The molecule has 1 aromatic rings. The predicted octanol–water partition coefficient (Wildman–Crippen LogP) is 0.458. The van der Waals surface area contributed by atoms with E-state index in [1.54, 1.807) is 27.9 Å². The van der Waals surface area contributed by atoms with Crippen LogP contribution in [0.4, 0.5) is 0 Å². The molecular formula is C15H23N3O2. The molecule has 0 aliphatic heterocycles. The Hall–Kier alpha value is -1.88. The van der Waals surface area contributed by atoms with Crippen molar-refractivity contribution in [3.05, 3.63) is 35.9 Å². The first-order chi connectivity index (χ1) is 9.40. The third-order valence-corrected chi connectivity index (χ3v) is 3.34. The van der Waals surface area contributed by atoms with Gasteiger partial charge in [-0.1, -0.05) is 30.3 Å². The molecule has 5 heteroatoms. The molecule has 0 heterocycles.